The van der Waals surface area contributed by atoms with Crippen LogP contribution in [0.3, 0.4) is 0 Å². The highest BCUT2D eigenvalue weighted by Crippen LogP contribution is 2.24. The first kappa shape index (κ1) is 17.3. The molecule has 1 N–H and O–H groups in total. The fraction of sp³-hybridized carbons (Fsp3) is 0.111. The quantitative estimate of drug-likeness (QED) is 0.717. The largest absolute Gasteiger partial charge is 0.302 e. The Morgan fingerprint density at radius 1 is 1.00 bits per heavy atom. The number of thiazole rings is 1. The molecule has 0 aliphatic carbocycles. The molecular weight excluding hydrogens is 356 g/mol. The summed E-state index contributed by atoms with van der Waals surface area (Å²) < 4.78 is 24.4. The summed E-state index contributed by atoms with van der Waals surface area (Å²) in [6.07, 6.45) is -0.114. The number of aromatic nitrogens is 1. The number of nitrogens with zero attached hydrogens (tertiary/aromatic N) is 1. The Morgan fingerprint density at radius 2 is 1.64 bits per heavy atom. The number of amides is 1. The van der Waals surface area contributed by atoms with Crippen molar-refractivity contribution in [3.05, 3.63) is 66.0 Å². The summed E-state index contributed by atoms with van der Waals surface area (Å²) in [4.78, 5) is 16.6. The summed E-state index contributed by atoms with van der Waals surface area (Å²) in [5.41, 5.74) is 1.74. The Balaban J connectivity index is 1.59. The van der Waals surface area contributed by atoms with Crippen molar-refractivity contribution < 1.29 is 13.2 Å². The molecule has 0 bridgehead atoms. The van der Waals surface area contributed by atoms with Gasteiger partial charge in [-0.05, 0) is 12.1 Å². The lowest BCUT2D eigenvalue weighted by molar-refractivity contribution is -0.115. The van der Waals surface area contributed by atoms with Crippen molar-refractivity contribution in [3.63, 3.8) is 0 Å². The Labute approximate surface area is 150 Å². The number of benzene rings is 2. The summed E-state index contributed by atoms with van der Waals surface area (Å²) in [6.45, 7) is 0. The monoisotopic (exact) mass is 372 g/mol. The van der Waals surface area contributed by atoms with E-state index in [1.165, 1.54) is 23.5 Å². The molecule has 7 heteroatoms. The van der Waals surface area contributed by atoms with Crippen LogP contribution in [-0.4, -0.2) is 25.1 Å². The van der Waals surface area contributed by atoms with Gasteiger partial charge >= 0.3 is 0 Å². The summed E-state index contributed by atoms with van der Waals surface area (Å²) in [6, 6.07) is 17.8. The third-order valence-electron chi connectivity index (χ3n) is 3.52. The van der Waals surface area contributed by atoms with Crippen LogP contribution in [0.2, 0.25) is 0 Å². The number of anilines is 1. The number of rotatable bonds is 6. The summed E-state index contributed by atoms with van der Waals surface area (Å²) in [5.74, 6) is -0.604. The first-order chi connectivity index (χ1) is 12.0. The Morgan fingerprint density at radius 3 is 2.32 bits per heavy atom. The van der Waals surface area contributed by atoms with Gasteiger partial charge in [-0.2, -0.15) is 0 Å². The first-order valence-corrected chi connectivity index (χ1v) is 10.2. The Kier molecular flexibility index (Phi) is 5.25. The highest BCUT2D eigenvalue weighted by Gasteiger charge is 2.16. The number of carbonyl (C=O) groups excluding carboxylic acids is 1. The SMILES string of the molecule is O=C(CCS(=O)(=O)c1ccccc1)Nc1nc(-c2ccccc2)cs1. The van der Waals surface area contributed by atoms with Crippen LogP contribution in [0.4, 0.5) is 5.13 Å². The highest BCUT2D eigenvalue weighted by molar-refractivity contribution is 7.91. The molecule has 0 spiro atoms. The van der Waals surface area contributed by atoms with Crippen LogP contribution in [-0.2, 0) is 14.6 Å². The van der Waals surface area contributed by atoms with E-state index in [2.05, 4.69) is 10.3 Å². The molecule has 1 amide bonds. The highest BCUT2D eigenvalue weighted by atomic mass is 32.2. The van der Waals surface area contributed by atoms with Crippen LogP contribution in [0.1, 0.15) is 6.42 Å². The second kappa shape index (κ2) is 7.58. The van der Waals surface area contributed by atoms with Crippen molar-refractivity contribution in [2.45, 2.75) is 11.3 Å². The van der Waals surface area contributed by atoms with Gasteiger partial charge in [0.25, 0.3) is 0 Å². The molecule has 0 aliphatic rings. The zero-order valence-electron chi connectivity index (χ0n) is 13.3. The van der Waals surface area contributed by atoms with E-state index in [0.717, 1.165) is 11.3 Å². The van der Waals surface area contributed by atoms with Gasteiger partial charge in [0.2, 0.25) is 5.91 Å². The van der Waals surface area contributed by atoms with Gasteiger partial charge in [0.05, 0.1) is 16.3 Å². The molecule has 3 aromatic rings. The Bertz CT molecular complexity index is 952. The van der Waals surface area contributed by atoms with Crippen LogP contribution in [0.5, 0.6) is 0 Å². The lowest BCUT2D eigenvalue weighted by Gasteiger charge is -2.04. The number of hydrogen-bond acceptors (Lipinski definition) is 5. The lowest BCUT2D eigenvalue weighted by atomic mass is 10.2. The van der Waals surface area contributed by atoms with Crippen LogP contribution in [0.15, 0.2) is 70.9 Å². The molecule has 0 unspecified atom stereocenters. The summed E-state index contributed by atoms with van der Waals surface area (Å²) in [7, 11) is -3.46. The zero-order valence-corrected chi connectivity index (χ0v) is 14.9. The Hall–Kier alpha value is -2.51. The summed E-state index contributed by atoms with van der Waals surface area (Å²) in [5, 5.41) is 4.97. The van der Waals surface area contributed by atoms with Gasteiger partial charge in [0.1, 0.15) is 0 Å². The van der Waals surface area contributed by atoms with E-state index in [0.29, 0.717) is 5.13 Å². The van der Waals surface area contributed by atoms with Crippen LogP contribution in [0, 0.1) is 0 Å². The lowest BCUT2D eigenvalue weighted by Crippen LogP contribution is -2.17. The standard InChI is InChI=1S/C18H16N2O3S2/c21-17(11-12-25(22,23)15-9-5-2-6-10-15)20-18-19-16(13-24-18)14-7-3-1-4-8-14/h1-10,13H,11-12H2,(H,19,20,21). The van der Waals surface area contributed by atoms with Gasteiger partial charge < -0.3 is 5.32 Å². The second-order valence-corrected chi connectivity index (χ2v) is 8.30. The van der Waals surface area contributed by atoms with E-state index in [4.69, 9.17) is 0 Å². The number of nitrogens with one attached hydrogen (secondary N) is 1. The van der Waals surface area contributed by atoms with E-state index in [9.17, 15) is 13.2 Å². The fourth-order valence-corrected chi connectivity index (χ4v) is 4.22. The molecule has 3 rings (SSSR count). The van der Waals surface area contributed by atoms with Crippen LogP contribution in [0.25, 0.3) is 11.3 Å². The van der Waals surface area contributed by atoms with Gasteiger partial charge in [-0.25, -0.2) is 13.4 Å². The van der Waals surface area contributed by atoms with Crippen molar-refractivity contribution in [3.8, 4) is 11.3 Å². The molecule has 1 aromatic heterocycles. The van der Waals surface area contributed by atoms with Crippen molar-refractivity contribution in [2.75, 3.05) is 11.1 Å². The third-order valence-corrected chi connectivity index (χ3v) is 6.01. The minimum atomic E-state index is -3.46. The molecule has 0 saturated heterocycles. The maximum atomic E-state index is 12.2. The molecule has 25 heavy (non-hydrogen) atoms. The van der Waals surface area contributed by atoms with E-state index < -0.39 is 9.84 Å². The van der Waals surface area contributed by atoms with Crippen LogP contribution < -0.4 is 5.32 Å². The molecule has 0 aliphatic heterocycles. The van der Waals surface area contributed by atoms with E-state index in [1.54, 1.807) is 18.2 Å². The zero-order chi connectivity index (χ0) is 17.7. The molecule has 0 fully saturated rings. The van der Waals surface area contributed by atoms with Crippen molar-refractivity contribution >= 4 is 32.2 Å². The smallest absolute Gasteiger partial charge is 0.227 e. The predicted octanol–water partition coefficient (Wildman–Crippen LogP) is 3.61. The molecule has 1 heterocycles. The first-order valence-electron chi connectivity index (χ1n) is 7.63. The molecule has 0 atom stereocenters. The molecule has 5 nitrogen and oxygen atoms in total. The van der Waals surface area contributed by atoms with Gasteiger partial charge in [-0.3, -0.25) is 4.79 Å². The topological polar surface area (TPSA) is 76.1 Å². The number of sulfone groups is 1. The molecule has 0 saturated carbocycles. The molecule has 0 radical (unpaired) electrons. The minimum absolute atomic E-state index is 0.114. The average Bonchev–Trinajstić information content (AvgIpc) is 3.10. The maximum Gasteiger partial charge on any atom is 0.227 e. The minimum Gasteiger partial charge on any atom is -0.302 e. The maximum absolute atomic E-state index is 12.2. The van der Waals surface area contributed by atoms with Crippen molar-refractivity contribution in [1.82, 2.24) is 4.98 Å². The predicted molar refractivity (Wildman–Crippen MR) is 99.3 cm³/mol. The third kappa shape index (κ3) is 4.52. The molecular formula is C18H16N2O3S2. The van der Waals surface area contributed by atoms with Gasteiger partial charge in [0.15, 0.2) is 15.0 Å². The number of carbonyl (C=O) groups is 1. The summed E-state index contributed by atoms with van der Waals surface area (Å²) >= 11 is 1.31. The van der Waals surface area contributed by atoms with Crippen molar-refractivity contribution in [2.24, 2.45) is 0 Å². The second-order valence-electron chi connectivity index (χ2n) is 5.33. The van der Waals surface area contributed by atoms with Gasteiger partial charge in [-0.1, -0.05) is 48.5 Å². The van der Waals surface area contributed by atoms with E-state index in [1.807, 2.05) is 35.7 Å². The van der Waals surface area contributed by atoms with Gasteiger partial charge in [0, 0.05) is 17.4 Å². The fourth-order valence-electron chi connectivity index (χ4n) is 2.23. The normalized spacial score (nSPS) is 11.2. The molecule has 2 aromatic carbocycles. The van der Waals surface area contributed by atoms with E-state index >= 15 is 0 Å². The van der Waals surface area contributed by atoms with Gasteiger partial charge in [-0.15, -0.1) is 11.3 Å². The van der Waals surface area contributed by atoms with E-state index in [-0.39, 0.29) is 23.0 Å². The van der Waals surface area contributed by atoms with Crippen LogP contribution >= 0.6 is 11.3 Å². The molecule has 128 valence electrons. The number of hydrogen-bond donors (Lipinski definition) is 1. The average molecular weight is 372 g/mol. The van der Waals surface area contributed by atoms with Crippen molar-refractivity contribution in [1.29, 1.82) is 0 Å².